The summed E-state index contributed by atoms with van der Waals surface area (Å²) in [4.78, 5) is 5.11. The van der Waals surface area contributed by atoms with Crippen molar-refractivity contribution in [2.45, 2.75) is 33.0 Å². The average molecular weight is 181 g/mol. The zero-order chi connectivity index (χ0) is 9.43. The SMILES string of the molecule is CC1=NO[C@]2(O)C[C@@H]3[C@@H]([C@@H]12)C3(C)C. The molecule has 0 aromatic carbocycles. The van der Waals surface area contributed by atoms with E-state index in [0.29, 0.717) is 17.3 Å². The summed E-state index contributed by atoms with van der Waals surface area (Å²) < 4.78 is 0. The van der Waals surface area contributed by atoms with E-state index in [0.717, 1.165) is 12.1 Å². The molecule has 0 aromatic heterocycles. The molecule has 0 spiro atoms. The summed E-state index contributed by atoms with van der Waals surface area (Å²) in [5, 5.41) is 14.0. The maximum absolute atomic E-state index is 10.1. The third-order valence-corrected chi connectivity index (χ3v) is 4.29. The van der Waals surface area contributed by atoms with E-state index in [2.05, 4.69) is 19.0 Å². The summed E-state index contributed by atoms with van der Waals surface area (Å²) in [6, 6.07) is 0. The van der Waals surface area contributed by atoms with Gasteiger partial charge >= 0.3 is 0 Å². The van der Waals surface area contributed by atoms with Crippen molar-refractivity contribution >= 4 is 5.71 Å². The Balaban J connectivity index is 1.98. The Morgan fingerprint density at radius 2 is 2.23 bits per heavy atom. The molecular weight excluding hydrogens is 166 g/mol. The topological polar surface area (TPSA) is 41.8 Å². The maximum Gasteiger partial charge on any atom is 0.243 e. The minimum atomic E-state index is -0.949. The molecule has 1 N–H and O–H groups in total. The number of hydrogen-bond donors (Lipinski definition) is 1. The second kappa shape index (κ2) is 1.78. The van der Waals surface area contributed by atoms with Gasteiger partial charge in [-0.3, -0.25) is 0 Å². The molecule has 0 aromatic rings. The fourth-order valence-electron chi connectivity index (χ4n) is 3.45. The van der Waals surface area contributed by atoms with E-state index in [4.69, 9.17) is 4.84 Å². The van der Waals surface area contributed by atoms with Crippen LogP contribution in [0.5, 0.6) is 0 Å². The van der Waals surface area contributed by atoms with E-state index >= 15 is 0 Å². The summed E-state index contributed by atoms with van der Waals surface area (Å²) in [6.07, 6.45) is 0.760. The molecule has 3 rings (SSSR count). The Kier molecular flexibility index (Phi) is 1.07. The van der Waals surface area contributed by atoms with Gasteiger partial charge < -0.3 is 9.94 Å². The molecule has 3 aliphatic rings. The molecular formula is C10H15NO2. The van der Waals surface area contributed by atoms with Crippen LogP contribution in [-0.2, 0) is 4.84 Å². The summed E-state index contributed by atoms with van der Waals surface area (Å²) in [6.45, 7) is 6.50. The Morgan fingerprint density at radius 3 is 2.92 bits per heavy atom. The first-order valence-electron chi connectivity index (χ1n) is 4.92. The molecule has 2 saturated carbocycles. The number of aliphatic hydroxyl groups is 1. The molecule has 1 aliphatic heterocycles. The van der Waals surface area contributed by atoms with Crippen molar-refractivity contribution in [3.8, 4) is 0 Å². The maximum atomic E-state index is 10.1. The monoisotopic (exact) mass is 181 g/mol. The van der Waals surface area contributed by atoms with Gasteiger partial charge in [-0.05, 0) is 24.2 Å². The molecule has 2 fully saturated rings. The van der Waals surface area contributed by atoms with Crippen LogP contribution in [0.3, 0.4) is 0 Å². The van der Waals surface area contributed by atoms with Crippen LogP contribution in [-0.4, -0.2) is 16.6 Å². The highest BCUT2D eigenvalue weighted by molar-refractivity contribution is 5.87. The van der Waals surface area contributed by atoms with Crippen molar-refractivity contribution in [2.24, 2.45) is 28.3 Å². The lowest BCUT2D eigenvalue weighted by molar-refractivity contribution is -0.208. The molecule has 0 radical (unpaired) electrons. The zero-order valence-corrected chi connectivity index (χ0v) is 8.24. The van der Waals surface area contributed by atoms with Gasteiger partial charge in [0.05, 0.1) is 11.6 Å². The van der Waals surface area contributed by atoms with Crippen molar-refractivity contribution in [1.29, 1.82) is 0 Å². The van der Waals surface area contributed by atoms with Crippen LogP contribution < -0.4 is 0 Å². The first-order valence-corrected chi connectivity index (χ1v) is 4.92. The molecule has 0 unspecified atom stereocenters. The van der Waals surface area contributed by atoms with E-state index in [1.807, 2.05) is 6.92 Å². The second-order valence-electron chi connectivity index (χ2n) is 5.30. The molecule has 3 heteroatoms. The molecule has 0 amide bonds. The van der Waals surface area contributed by atoms with Gasteiger partial charge in [0.1, 0.15) is 0 Å². The molecule has 0 bridgehead atoms. The first kappa shape index (κ1) is 7.80. The van der Waals surface area contributed by atoms with E-state index in [-0.39, 0.29) is 5.92 Å². The van der Waals surface area contributed by atoms with Crippen molar-refractivity contribution in [3.63, 3.8) is 0 Å². The molecule has 4 atom stereocenters. The van der Waals surface area contributed by atoms with Crippen LogP contribution in [0.25, 0.3) is 0 Å². The van der Waals surface area contributed by atoms with Gasteiger partial charge in [0.15, 0.2) is 0 Å². The first-order chi connectivity index (χ1) is 5.97. The zero-order valence-electron chi connectivity index (χ0n) is 8.24. The quantitative estimate of drug-likeness (QED) is 0.613. The van der Waals surface area contributed by atoms with Gasteiger partial charge in [-0.25, -0.2) is 0 Å². The number of rotatable bonds is 0. The Labute approximate surface area is 77.8 Å². The average Bonchev–Trinajstić information content (AvgIpc) is 2.44. The summed E-state index contributed by atoms with van der Waals surface area (Å²) >= 11 is 0. The number of nitrogens with zero attached hydrogens (tertiary/aromatic N) is 1. The number of hydrogen-bond acceptors (Lipinski definition) is 3. The molecule has 2 aliphatic carbocycles. The van der Waals surface area contributed by atoms with Crippen LogP contribution in [0.15, 0.2) is 5.16 Å². The molecule has 3 nitrogen and oxygen atoms in total. The number of oxime groups is 1. The predicted octanol–water partition coefficient (Wildman–Crippen LogP) is 1.37. The molecule has 0 saturated heterocycles. The van der Waals surface area contributed by atoms with Crippen molar-refractivity contribution in [1.82, 2.24) is 0 Å². The highest BCUT2D eigenvalue weighted by Gasteiger charge is 2.75. The summed E-state index contributed by atoms with van der Waals surface area (Å²) in [7, 11) is 0. The summed E-state index contributed by atoms with van der Waals surface area (Å²) in [5.74, 6) is 0.429. The van der Waals surface area contributed by atoms with Crippen molar-refractivity contribution in [2.75, 3.05) is 0 Å². The van der Waals surface area contributed by atoms with E-state index in [1.54, 1.807) is 0 Å². The van der Waals surface area contributed by atoms with Crippen molar-refractivity contribution in [3.05, 3.63) is 0 Å². The fraction of sp³-hybridized carbons (Fsp3) is 0.900. The van der Waals surface area contributed by atoms with Gasteiger partial charge in [-0.15, -0.1) is 0 Å². The fourth-order valence-corrected chi connectivity index (χ4v) is 3.45. The van der Waals surface area contributed by atoms with Gasteiger partial charge in [0, 0.05) is 6.42 Å². The minimum Gasteiger partial charge on any atom is -0.360 e. The highest BCUT2D eigenvalue weighted by Crippen LogP contribution is 2.72. The molecule has 13 heavy (non-hydrogen) atoms. The van der Waals surface area contributed by atoms with Crippen LogP contribution in [0.4, 0.5) is 0 Å². The van der Waals surface area contributed by atoms with Crippen LogP contribution in [0.1, 0.15) is 27.2 Å². The van der Waals surface area contributed by atoms with Crippen LogP contribution in [0.2, 0.25) is 0 Å². The third-order valence-electron chi connectivity index (χ3n) is 4.29. The van der Waals surface area contributed by atoms with Gasteiger partial charge in [-0.2, -0.15) is 0 Å². The predicted molar refractivity (Wildman–Crippen MR) is 48.0 cm³/mol. The van der Waals surface area contributed by atoms with Gasteiger partial charge in [-0.1, -0.05) is 19.0 Å². The lowest BCUT2D eigenvalue weighted by atomic mass is 9.86. The Morgan fingerprint density at radius 1 is 1.54 bits per heavy atom. The lowest BCUT2D eigenvalue weighted by Gasteiger charge is -2.26. The van der Waals surface area contributed by atoms with Crippen molar-refractivity contribution < 1.29 is 9.94 Å². The number of fused-ring (bicyclic) bond motifs is 3. The third kappa shape index (κ3) is 0.688. The van der Waals surface area contributed by atoms with Gasteiger partial charge in [0.2, 0.25) is 5.79 Å². The van der Waals surface area contributed by atoms with E-state index in [1.165, 1.54) is 0 Å². The second-order valence-corrected chi connectivity index (χ2v) is 5.30. The van der Waals surface area contributed by atoms with Crippen LogP contribution in [0, 0.1) is 23.2 Å². The van der Waals surface area contributed by atoms with Crippen LogP contribution >= 0.6 is 0 Å². The normalized spacial score (nSPS) is 55.1. The lowest BCUT2D eigenvalue weighted by Crippen LogP contribution is -2.38. The van der Waals surface area contributed by atoms with E-state index < -0.39 is 5.79 Å². The smallest absolute Gasteiger partial charge is 0.243 e. The Bertz CT molecular complexity index is 310. The highest BCUT2D eigenvalue weighted by atomic mass is 16.7. The Hall–Kier alpha value is -0.570. The summed E-state index contributed by atoms with van der Waals surface area (Å²) in [5.41, 5.74) is 1.36. The molecule has 1 heterocycles. The largest absolute Gasteiger partial charge is 0.360 e. The standard InChI is InChI=1S/C10H15NO2/c1-5-7-8-6(9(8,2)3)4-10(7,12)13-11-5/h6-8,12H,4H2,1-3H3/t6-,7-,8+,10-/m1/s1. The van der Waals surface area contributed by atoms with Gasteiger partial charge in [0.25, 0.3) is 0 Å². The molecule has 72 valence electrons. The van der Waals surface area contributed by atoms with E-state index in [9.17, 15) is 5.11 Å². The minimum absolute atomic E-state index is 0.160.